The molecule has 8 heteroatoms. The van der Waals surface area contributed by atoms with Gasteiger partial charge in [0.05, 0.1) is 22.1 Å². The zero-order chi connectivity index (χ0) is 17.0. The van der Waals surface area contributed by atoms with Crippen molar-refractivity contribution in [1.29, 1.82) is 0 Å². The van der Waals surface area contributed by atoms with Crippen molar-refractivity contribution in [3.63, 3.8) is 0 Å². The van der Waals surface area contributed by atoms with Gasteiger partial charge < -0.3 is 9.31 Å². The second kappa shape index (κ2) is 5.19. The second-order valence-electron chi connectivity index (χ2n) is 7.17. The fourth-order valence-corrected chi connectivity index (χ4v) is 3.76. The molecule has 0 radical (unpaired) electrons. The van der Waals surface area contributed by atoms with Crippen LogP contribution < -0.4 is 10.2 Å². The number of hydrogen-bond donors (Lipinski definition) is 1. The summed E-state index contributed by atoms with van der Waals surface area (Å²) in [4.78, 5) is 0. The maximum atomic E-state index is 14.4. The minimum Gasteiger partial charge on any atom is -0.399 e. The molecule has 1 saturated heterocycles. The van der Waals surface area contributed by atoms with Gasteiger partial charge in [0.15, 0.2) is 0 Å². The topological polar surface area (TPSA) is 64.6 Å². The molecule has 1 aromatic rings. The molecule has 0 unspecified atom stereocenters. The molecule has 2 aliphatic rings. The van der Waals surface area contributed by atoms with Crippen LogP contribution in [0.15, 0.2) is 18.2 Å². The van der Waals surface area contributed by atoms with E-state index in [-0.39, 0.29) is 16.4 Å². The van der Waals surface area contributed by atoms with Gasteiger partial charge in [-0.25, -0.2) is 12.8 Å². The van der Waals surface area contributed by atoms with Crippen LogP contribution in [0.3, 0.4) is 0 Å². The highest BCUT2D eigenvalue weighted by molar-refractivity contribution is 7.93. The minimum absolute atomic E-state index is 0.217. The highest BCUT2D eigenvalue weighted by Gasteiger charge is 2.52. The summed E-state index contributed by atoms with van der Waals surface area (Å²) in [6.07, 6.45) is 1.31. The van der Waals surface area contributed by atoms with Gasteiger partial charge in [0.25, 0.3) is 0 Å². The lowest BCUT2D eigenvalue weighted by Crippen LogP contribution is -2.41. The van der Waals surface area contributed by atoms with Gasteiger partial charge >= 0.3 is 7.12 Å². The lowest BCUT2D eigenvalue weighted by molar-refractivity contribution is 0.00578. The smallest absolute Gasteiger partial charge is 0.399 e. The van der Waals surface area contributed by atoms with Gasteiger partial charge in [-0.2, -0.15) is 0 Å². The summed E-state index contributed by atoms with van der Waals surface area (Å²) < 4.78 is 52.3. The number of rotatable bonds is 4. The predicted octanol–water partition coefficient (Wildman–Crippen LogP) is 2.03. The maximum absolute atomic E-state index is 14.4. The van der Waals surface area contributed by atoms with Crippen LogP contribution in [-0.2, 0) is 19.3 Å². The Labute approximate surface area is 136 Å². The standard InChI is InChI=1S/C15H21BFNO4S/c1-14(2)15(3,4)22-16(21-14)12-8-5-10(9-13(12)17)18-23(19,20)11-6-7-11/h5,8-9,11,18H,6-7H2,1-4H3. The molecule has 126 valence electrons. The van der Waals surface area contributed by atoms with E-state index < -0.39 is 34.2 Å². The van der Waals surface area contributed by atoms with Crippen molar-refractivity contribution >= 4 is 28.3 Å². The fraction of sp³-hybridized carbons (Fsp3) is 0.600. The molecule has 0 amide bonds. The first-order chi connectivity index (χ1) is 10.5. The molecule has 1 aliphatic heterocycles. The van der Waals surface area contributed by atoms with E-state index >= 15 is 0 Å². The molecule has 23 heavy (non-hydrogen) atoms. The fourth-order valence-electron chi connectivity index (χ4n) is 2.38. The third kappa shape index (κ3) is 3.12. The average molecular weight is 341 g/mol. The Morgan fingerprint density at radius 1 is 1.17 bits per heavy atom. The Morgan fingerprint density at radius 2 is 1.74 bits per heavy atom. The summed E-state index contributed by atoms with van der Waals surface area (Å²) in [6, 6.07) is 4.20. The molecule has 1 heterocycles. The predicted molar refractivity (Wildman–Crippen MR) is 87.7 cm³/mol. The van der Waals surface area contributed by atoms with E-state index in [1.807, 2.05) is 27.7 Å². The molecule has 0 atom stereocenters. The van der Waals surface area contributed by atoms with E-state index in [1.165, 1.54) is 18.2 Å². The second-order valence-corrected chi connectivity index (χ2v) is 9.13. The van der Waals surface area contributed by atoms with Gasteiger partial charge in [0.2, 0.25) is 10.0 Å². The van der Waals surface area contributed by atoms with E-state index in [2.05, 4.69) is 4.72 Å². The molecule has 1 N–H and O–H groups in total. The summed E-state index contributed by atoms with van der Waals surface area (Å²) in [7, 11) is -4.22. The highest BCUT2D eigenvalue weighted by atomic mass is 32.2. The molecule has 3 rings (SSSR count). The molecule has 0 bridgehead atoms. The SMILES string of the molecule is CC1(C)OB(c2ccc(NS(=O)(=O)C3CC3)cc2F)OC1(C)C. The molecule has 1 saturated carbocycles. The third-order valence-corrected chi connectivity index (χ3v) is 6.60. The third-order valence-electron chi connectivity index (χ3n) is 4.73. The lowest BCUT2D eigenvalue weighted by atomic mass is 9.78. The van der Waals surface area contributed by atoms with Gasteiger partial charge in [-0.1, -0.05) is 6.07 Å². The molecular formula is C15H21BFNO4S. The van der Waals surface area contributed by atoms with Crippen LogP contribution in [0.1, 0.15) is 40.5 Å². The number of nitrogens with one attached hydrogen (secondary N) is 1. The van der Waals surface area contributed by atoms with E-state index in [1.54, 1.807) is 0 Å². The summed E-state index contributed by atoms with van der Waals surface area (Å²) in [5.41, 5.74) is -0.639. The van der Waals surface area contributed by atoms with Crippen LogP contribution >= 0.6 is 0 Å². The zero-order valence-electron chi connectivity index (χ0n) is 13.7. The highest BCUT2D eigenvalue weighted by Crippen LogP contribution is 2.37. The Balaban J connectivity index is 1.81. The van der Waals surface area contributed by atoms with Crippen LogP contribution in [0.5, 0.6) is 0 Å². The van der Waals surface area contributed by atoms with E-state index in [4.69, 9.17) is 9.31 Å². The van der Waals surface area contributed by atoms with Crippen LogP contribution in [-0.4, -0.2) is 32.0 Å². The molecular weight excluding hydrogens is 320 g/mol. The number of anilines is 1. The van der Waals surface area contributed by atoms with Crippen LogP contribution in [0.25, 0.3) is 0 Å². The van der Waals surface area contributed by atoms with Gasteiger partial charge in [-0.15, -0.1) is 0 Å². The van der Waals surface area contributed by atoms with Gasteiger partial charge in [0.1, 0.15) is 5.82 Å². The van der Waals surface area contributed by atoms with Gasteiger partial charge in [-0.05, 0) is 52.7 Å². The van der Waals surface area contributed by atoms with Crippen molar-refractivity contribution in [1.82, 2.24) is 0 Å². The summed E-state index contributed by atoms with van der Waals surface area (Å²) in [5, 5.41) is -0.353. The van der Waals surface area contributed by atoms with E-state index in [0.29, 0.717) is 12.8 Å². The normalized spacial score (nSPS) is 23.1. The first-order valence-electron chi connectivity index (χ1n) is 7.69. The summed E-state index contributed by atoms with van der Waals surface area (Å²) >= 11 is 0. The molecule has 0 aromatic heterocycles. The van der Waals surface area contributed by atoms with Crippen molar-refractivity contribution in [2.45, 2.75) is 57.0 Å². The molecule has 5 nitrogen and oxygen atoms in total. The van der Waals surface area contributed by atoms with Gasteiger partial charge in [0, 0.05) is 5.46 Å². The summed E-state index contributed by atoms with van der Waals surface area (Å²) in [5.74, 6) is -0.556. The number of hydrogen-bond acceptors (Lipinski definition) is 4. The van der Waals surface area contributed by atoms with Crippen molar-refractivity contribution in [3.8, 4) is 0 Å². The van der Waals surface area contributed by atoms with Crippen LogP contribution in [0, 0.1) is 5.82 Å². The monoisotopic (exact) mass is 341 g/mol. The maximum Gasteiger partial charge on any atom is 0.497 e. The molecule has 0 spiro atoms. The van der Waals surface area contributed by atoms with Crippen molar-refractivity contribution in [2.24, 2.45) is 0 Å². The Morgan fingerprint density at radius 3 is 2.22 bits per heavy atom. The van der Waals surface area contributed by atoms with E-state index in [0.717, 1.165) is 0 Å². The Bertz CT molecular complexity index is 715. The first kappa shape index (κ1) is 16.7. The Kier molecular flexibility index (Phi) is 3.78. The van der Waals surface area contributed by atoms with Crippen molar-refractivity contribution < 1.29 is 22.1 Å². The van der Waals surface area contributed by atoms with Crippen LogP contribution in [0.2, 0.25) is 0 Å². The first-order valence-corrected chi connectivity index (χ1v) is 9.23. The van der Waals surface area contributed by atoms with E-state index in [9.17, 15) is 12.8 Å². The van der Waals surface area contributed by atoms with Crippen molar-refractivity contribution in [3.05, 3.63) is 24.0 Å². The Hall–Kier alpha value is -1.12. The number of benzene rings is 1. The number of halogens is 1. The average Bonchev–Trinajstić information content (AvgIpc) is 3.18. The quantitative estimate of drug-likeness (QED) is 0.851. The molecule has 1 aromatic carbocycles. The largest absolute Gasteiger partial charge is 0.497 e. The number of sulfonamides is 1. The lowest BCUT2D eigenvalue weighted by Gasteiger charge is -2.32. The van der Waals surface area contributed by atoms with Crippen molar-refractivity contribution in [2.75, 3.05) is 4.72 Å². The molecule has 1 aliphatic carbocycles. The van der Waals surface area contributed by atoms with Crippen LogP contribution in [0.4, 0.5) is 10.1 Å². The zero-order valence-corrected chi connectivity index (χ0v) is 14.5. The minimum atomic E-state index is -3.41. The molecule has 2 fully saturated rings. The van der Waals surface area contributed by atoms with Gasteiger partial charge in [-0.3, -0.25) is 4.72 Å². The summed E-state index contributed by atoms with van der Waals surface area (Å²) in [6.45, 7) is 7.57.